The van der Waals surface area contributed by atoms with Crippen molar-refractivity contribution in [3.63, 3.8) is 0 Å². The minimum Gasteiger partial charge on any atom is -0.332 e. The van der Waals surface area contributed by atoms with Gasteiger partial charge in [0.2, 0.25) is 5.91 Å². The molecule has 0 bridgehead atoms. The molecule has 3 rings (SSSR count). The molecule has 6 nitrogen and oxygen atoms in total. The predicted molar refractivity (Wildman–Crippen MR) is 102 cm³/mol. The number of para-hydroxylation sites is 1. The number of carbonyl (C=O) groups is 2. The molecule has 0 radical (unpaired) electrons. The van der Waals surface area contributed by atoms with Crippen molar-refractivity contribution in [1.29, 1.82) is 0 Å². The first-order valence-corrected chi connectivity index (χ1v) is 8.41. The molecule has 2 amide bonds. The van der Waals surface area contributed by atoms with E-state index < -0.39 is 5.91 Å². The molecule has 8 heteroatoms. The normalized spacial score (nSPS) is 10.6. The van der Waals surface area contributed by atoms with Crippen LogP contribution in [0, 0.1) is 0 Å². The van der Waals surface area contributed by atoms with Crippen LogP contribution in [-0.2, 0) is 4.79 Å². The van der Waals surface area contributed by atoms with E-state index in [9.17, 15) is 9.59 Å². The van der Waals surface area contributed by atoms with Crippen LogP contribution >= 0.6 is 23.2 Å². The number of fused-ring (bicyclic) bond motifs is 1. The summed E-state index contributed by atoms with van der Waals surface area (Å²) in [7, 11) is 1.54. The third-order valence-electron chi connectivity index (χ3n) is 3.67. The summed E-state index contributed by atoms with van der Waals surface area (Å²) in [5.74, 6) is -0.714. The fourth-order valence-electron chi connectivity index (χ4n) is 2.40. The highest BCUT2D eigenvalue weighted by molar-refractivity contribution is 6.39. The number of rotatable bonds is 4. The number of hydrogen-bond acceptors (Lipinski definition) is 4. The summed E-state index contributed by atoms with van der Waals surface area (Å²) >= 11 is 12.1. The maximum Gasteiger partial charge on any atom is 0.254 e. The minimum atomic E-state index is -0.406. The van der Waals surface area contributed by atoms with Crippen LogP contribution in [0.4, 0.5) is 5.69 Å². The van der Waals surface area contributed by atoms with Gasteiger partial charge in [-0.1, -0.05) is 29.3 Å². The number of carbonyl (C=O) groups excluding carboxylic acids is 2. The van der Waals surface area contributed by atoms with Crippen LogP contribution in [-0.4, -0.2) is 40.3 Å². The quantitative estimate of drug-likeness (QED) is 0.739. The van der Waals surface area contributed by atoms with Crippen molar-refractivity contribution in [3.05, 3.63) is 64.4 Å². The minimum absolute atomic E-state index is 0.154. The summed E-state index contributed by atoms with van der Waals surface area (Å²) in [5, 5.41) is 3.28. The van der Waals surface area contributed by atoms with Crippen LogP contribution in [0.15, 0.2) is 48.8 Å². The number of nitrogens with zero attached hydrogens (tertiary/aromatic N) is 3. The van der Waals surface area contributed by atoms with E-state index in [1.807, 2.05) is 0 Å². The first-order valence-electron chi connectivity index (χ1n) is 7.66. The molecule has 0 aliphatic carbocycles. The Balaban J connectivity index is 1.71. The standard InChI is InChI=1S/C18H14Cl2N4O2/c1-24(10-16(25)23-17-12(19)3-2-4-13(17)20)18(26)11-5-6-14-15(9-11)22-8-7-21-14/h2-9H,10H2,1H3,(H,23,25). The van der Waals surface area contributed by atoms with Crippen molar-refractivity contribution in [3.8, 4) is 0 Å². The van der Waals surface area contributed by atoms with Gasteiger partial charge < -0.3 is 10.2 Å². The number of halogens is 2. The highest BCUT2D eigenvalue weighted by Crippen LogP contribution is 2.29. The van der Waals surface area contributed by atoms with Crippen molar-refractivity contribution in [2.24, 2.45) is 0 Å². The van der Waals surface area contributed by atoms with Crippen LogP contribution in [0.1, 0.15) is 10.4 Å². The maximum atomic E-state index is 12.6. The molecule has 0 aliphatic heterocycles. The van der Waals surface area contributed by atoms with Gasteiger partial charge in [0.1, 0.15) is 0 Å². The van der Waals surface area contributed by atoms with Gasteiger partial charge in [-0.2, -0.15) is 0 Å². The Kier molecular flexibility index (Phi) is 5.35. The smallest absolute Gasteiger partial charge is 0.254 e. The van der Waals surface area contributed by atoms with Crippen LogP contribution in [0.25, 0.3) is 11.0 Å². The summed E-state index contributed by atoms with van der Waals surface area (Å²) in [4.78, 5) is 34.4. The molecular weight excluding hydrogens is 375 g/mol. The monoisotopic (exact) mass is 388 g/mol. The van der Waals surface area contributed by atoms with Crippen molar-refractivity contribution in [2.75, 3.05) is 18.9 Å². The Morgan fingerprint density at radius 2 is 1.69 bits per heavy atom. The fourth-order valence-corrected chi connectivity index (χ4v) is 2.89. The highest BCUT2D eigenvalue weighted by Gasteiger charge is 2.17. The first-order chi connectivity index (χ1) is 12.5. The number of likely N-dealkylation sites (N-methyl/N-ethyl adjacent to an activating group) is 1. The number of aromatic nitrogens is 2. The molecule has 1 N–H and O–H groups in total. The Morgan fingerprint density at radius 1 is 1.04 bits per heavy atom. The molecular formula is C18H14Cl2N4O2. The first kappa shape index (κ1) is 18.1. The second kappa shape index (κ2) is 7.68. The van der Waals surface area contributed by atoms with E-state index in [1.54, 1.807) is 48.8 Å². The number of benzene rings is 2. The molecule has 0 fully saturated rings. The number of hydrogen-bond donors (Lipinski definition) is 1. The Morgan fingerprint density at radius 3 is 2.38 bits per heavy atom. The average Bonchev–Trinajstić information content (AvgIpc) is 2.63. The summed E-state index contributed by atoms with van der Waals surface area (Å²) < 4.78 is 0. The molecule has 1 heterocycles. The van der Waals surface area contributed by atoms with E-state index in [2.05, 4.69) is 15.3 Å². The Labute approximate surface area is 159 Å². The van der Waals surface area contributed by atoms with E-state index in [4.69, 9.17) is 23.2 Å². The van der Waals surface area contributed by atoms with E-state index in [0.29, 0.717) is 32.3 Å². The van der Waals surface area contributed by atoms with Gasteiger partial charge in [0.05, 0.1) is 33.3 Å². The molecule has 0 saturated carbocycles. The summed E-state index contributed by atoms with van der Waals surface area (Å²) in [6.45, 7) is -0.154. The van der Waals surface area contributed by atoms with E-state index in [0.717, 1.165) is 0 Å². The molecule has 3 aromatic rings. The zero-order valence-corrected chi connectivity index (χ0v) is 15.3. The molecule has 132 valence electrons. The molecule has 2 aromatic carbocycles. The zero-order valence-electron chi connectivity index (χ0n) is 13.7. The van der Waals surface area contributed by atoms with Gasteiger partial charge in [-0.05, 0) is 30.3 Å². The lowest BCUT2D eigenvalue weighted by Crippen LogP contribution is -2.35. The van der Waals surface area contributed by atoms with Gasteiger partial charge in [-0.25, -0.2) is 0 Å². The molecule has 0 spiro atoms. The second-order valence-corrected chi connectivity index (χ2v) is 6.38. The van der Waals surface area contributed by atoms with Gasteiger partial charge in [-0.15, -0.1) is 0 Å². The average molecular weight is 389 g/mol. The van der Waals surface area contributed by atoms with Crippen LogP contribution in [0.2, 0.25) is 10.0 Å². The third-order valence-corrected chi connectivity index (χ3v) is 4.30. The van der Waals surface area contributed by atoms with Crippen LogP contribution in [0.3, 0.4) is 0 Å². The van der Waals surface area contributed by atoms with E-state index >= 15 is 0 Å². The van der Waals surface area contributed by atoms with Gasteiger partial charge in [-0.3, -0.25) is 19.6 Å². The van der Waals surface area contributed by atoms with Crippen molar-refractivity contribution in [2.45, 2.75) is 0 Å². The second-order valence-electron chi connectivity index (χ2n) is 5.57. The van der Waals surface area contributed by atoms with E-state index in [-0.39, 0.29) is 12.5 Å². The largest absolute Gasteiger partial charge is 0.332 e. The van der Waals surface area contributed by atoms with Crippen molar-refractivity contribution >= 4 is 51.7 Å². The van der Waals surface area contributed by atoms with Crippen molar-refractivity contribution < 1.29 is 9.59 Å². The lowest BCUT2D eigenvalue weighted by atomic mass is 10.1. The number of amides is 2. The molecule has 26 heavy (non-hydrogen) atoms. The maximum absolute atomic E-state index is 12.6. The Hall–Kier alpha value is -2.70. The predicted octanol–water partition coefficient (Wildman–Crippen LogP) is 3.65. The molecule has 1 aromatic heterocycles. The lowest BCUT2D eigenvalue weighted by Gasteiger charge is -2.17. The van der Waals surface area contributed by atoms with Gasteiger partial charge in [0.25, 0.3) is 5.91 Å². The Bertz CT molecular complexity index is 974. The summed E-state index contributed by atoms with van der Waals surface area (Å²) in [6.07, 6.45) is 3.14. The SMILES string of the molecule is CN(CC(=O)Nc1c(Cl)cccc1Cl)C(=O)c1ccc2nccnc2c1. The van der Waals surface area contributed by atoms with Gasteiger partial charge in [0, 0.05) is 25.0 Å². The summed E-state index contributed by atoms with van der Waals surface area (Å²) in [5.41, 5.74) is 2.04. The fraction of sp³-hybridized carbons (Fsp3) is 0.111. The van der Waals surface area contributed by atoms with Crippen LogP contribution < -0.4 is 5.32 Å². The molecule has 0 saturated heterocycles. The lowest BCUT2D eigenvalue weighted by molar-refractivity contribution is -0.116. The number of nitrogens with one attached hydrogen (secondary N) is 1. The topological polar surface area (TPSA) is 75.2 Å². The van der Waals surface area contributed by atoms with E-state index in [1.165, 1.54) is 11.9 Å². The number of anilines is 1. The van der Waals surface area contributed by atoms with Crippen molar-refractivity contribution in [1.82, 2.24) is 14.9 Å². The summed E-state index contributed by atoms with van der Waals surface area (Å²) in [6, 6.07) is 9.93. The van der Waals surface area contributed by atoms with Gasteiger partial charge in [0.15, 0.2) is 0 Å². The third kappa shape index (κ3) is 3.92. The van der Waals surface area contributed by atoms with Gasteiger partial charge >= 0.3 is 0 Å². The molecule has 0 unspecified atom stereocenters. The molecule has 0 atom stereocenters. The molecule has 0 aliphatic rings. The zero-order chi connectivity index (χ0) is 18.7. The van der Waals surface area contributed by atoms with Crippen LogP contribution in [0.5, 0.6) is 0 Å². The highest BCUT2D eigenvalue weighted by atomic mass is 35.5.